The predicted octanol–water partition coefficient (Wildman–Crippen LogP) is 5.19. The molecule has 2 aromatic carbocycles. The minimum absolute atomic E-state index is 0.121. The summed E-state index contributed by atoms with van der Waals surface area (Å²) in [5.74, 6) is -0.521. The Morgan fingerprint density at radius 3 is 2.84 bits per heavy atom. The number of halogens is 2. The van der Waals surface area contributed by atoms with E-state index >= 15 is 0 Å². The molecule has 4 aromatic rings. The van der Waals surface area contributed by atoms with E-state index in [0.29, 0.717) is 9.90 Å². The van der Waals surface area contributed by atoms with Crippen molar-refractivity contribution in [2.24, 2.45) is 0 Å². The second kappa shape index (κ2) is 8.54. The van der Waals surface area contributed by atoms with E-state index in [4.69, 9.17) is 11.6 Å². The number of anilines is 2. The number of hydrogen-bond donors (Lipinski definition) is 2. The van der Waals surface area contributed by atoms with Crippen molar-refractivity contribution in [3.05, 3.63) is 69.3 Å². The number of likely N-dealkylation sites (tertiary alicyclic amines) is 1. The number of rotatable bonds is 6. The first-order chi connectivity index (χ1) is 15.5. The predicted molar refractivity (Wildman–Crippen MR) is 127 cm³/mol. The fourth-order valence-corrected chi connectivity index (χ4v) is 4.81. The van der Waals surface area contributed by atoms with Crippen molar-refractivity contribution < 1.29 is 9.18 Å². The van der Waals surface area contributed by atoms with Crippen LogP contribution in [-0.2, 0) is 6.54 Å². The number of hydrogen-bond acceptors (Lipinski definition) is 5. The number of amides is 1. The fourth-order valence-electron chi connectivity index (χ4n) is 3.78. The lowest BCUT2D eigenvalue weighted by atomic mass is 10.1. The zero-order chi connectivity index (χ0) is 22.2. The van der Waals surface area contributed by atoms with Crippen LogP contribution in [0.5, 0.6) is 0 Å². The summed E-state index contributed by atoms with van der Waals surface area (Å²) in [5.41, 5.74) is 3.84. The highest BCUT2D eigenvalue weighted by atomic mass is 35.5. The summed E-state index contributed by atoms with van der Waals surface area (Å²) >= 11 is 7.63. The second-order valence-corrected chi connectivity index (χ2v) is 9.04. The number of benzene rings is 2. The summed E-state index contributed by atoms with van der Waals surface area (Å²) in [7, 11) is 1.61. The zero-order valence-electron chi connectivity index (χ0n) is 17.4. The van der Waals surface area contributed by atoms with Gasteiger partial charge in [0.2, 0.25) is 0 Å². The summed E-state index contributed by atoms with van der Waals surface area (Å²) in [6.45, 7) is 2.82. The summed E-state index contributed by atoms with van der Waals surface area (Å²) < 4.78 is 16.3. The highest BCUT2D eigenvalue weighted by molar-refractivity contribution is 7.12. The minimum Gasteiger partial charge on any atom is -0.354 e. The van der Waals surface area contributed by atoms with Crippen LogP contribution in [-0.4, -0.2) is 40.7 Å². The quantitative estimate of drug-likeness (QED) is 0.408. The third-order valence-electron chi connectivity index (χ3n) is 5.64. The monoisotopic (exact) mass is 469 g/mol. The van der Waals surface area contributed by atoms with Crippen LogP contribution < -0.4 is 10.6 Å². The number of carbonyl (C=O) groups excluding carboxylic acids is 1. The molecule has 5 rings (SSSR count). The third kappa shape index (κ3) is 3.85. The van der Waals surface area contributed by atoms with Gasteiger partial charge in [-0.05, 0) is 55.4 Å². The first-order valence-corrected chi connectivity index (χ1v) is 11.5. The van der Waals surface area contributed by atoms with Crippen molar-refractivity contribution in [2.45, 2.75) is 13.0 Å². The van der Waals surface area contributed by atoms with Crippen molar-refractivity contribution in [2.75, 3.05) is 25.5 Å². The maximum absolute atomic E-state index is 14.4. The number of fused-ring (bicyclic) bond motifs is 1. The van der Waals surface area contributed by atoms with Crippen molar-refractivity contribution in [3.63, 3.8) is 0 Å². The van der Waals surface area contributed by atoms with E-state index in [0.717, 1.165) is 47.5 Å². The van der Waals surface area contributed by atoms with Crippen LogP contribution in [0.3, 0.4) is 0 Å². The van der Waals surface area contributed by atoms with Crippen molar-refractivity contribution in [1.82, 2.24) is 20.0 Å². The third-order valence-corrected chi connectivity index (χ3v) is 6.87. The van der Waals surface area contributed by atoms with E-state index in [9.17, 15) is 9.18 Å². The maximum Gasteiger partial charge on any atom is 0.261 e. The van der Waals surface area contributed by atoms with Gasteiger partial charge in [-0.25, -0.2) is 9.07 Å². The van der Waals surface area contributed by atoms with Crippen LogP contribution in [0.15, 0.2) is 48.0 Å². The molecule has 1 aliphatic heterocycles. The second-order valence-electron chi connectivity index (χ2n) is 7.72. The van der Waals surface area contributed by atoms with Crippen LogP contribution in [0.25, 0.3) is 16.6 Å². The molecule has 0 aliphatic carbocycles. The molecule has 6 nitrogen and oxygen atoms in total. The van der Waals surface area contributed by atoms with Crippen molar-refractivity contribution in [3.8, 4) is 5.69 Å². The number of nitrogens with zero attached hydrogens (tertiary/aromatic N) is 3. The number of thiophene rings is 1. The Balaban J connectivity index is 1.58. The maximum atomic E-state index is 14.4. The average molecular weight is 470 g/mol. The number of carbonyl (C=O) groups is 1. The van der Waals surface area contributed by atoms with E-state index in [1.807, 2.05) is 22.2 Å². The molecule has 2 N–H and O–H groups in total. The molecule has 0 atom stereocenters. The molecule has 2 aromatic heterocycles. The molecule has 0 spiro atoms. The van der Waals surface area contributed by atoms with Crippen molar-refractivity contribution in [1.29, 1.82) is 0 Å². The van der Waals surface area contributed by atoms with E-state index in [-0.39, 0.29) is 11.6 Å². The van der Waals surface area contributed by atoms with Gasteiger partial charge in [-0.15, -0.1) is 11.3 Å². The molecule has 164 valence electrons. The lowest BCUT2D eigenvalue weighted by Gasteiger charge is -2.31. The van der Waals surface area contributed by atoms with Crippen LogP contribution in [0.2, 0.25) is 5.02 Å². The topological polar surface area (TPSA) is 62.2 Å². The van der Waals surface area contributed by atoms with Gasteiger partial charge >= 0.3 is 0 Å². The van der Waals surface area contributed by atoms with Gasteiger partial charge in [0.1, 0.15) is 5.82 Å². The Morgan fingerprint density at radius 2 is 2.12 bits per heavy atom. The van der Waals surface area contributed by atoms with Gasteiger partial charge in [0.05, 0.1) is 33.0 Å². The van der Waals surface area contributed by atoms with Crippen LogP contribution in [0.4, 0.5) is 15.8 Å². The molecule has 0 radical (unpaired) electrons. The normalized spacial score (nSPS) is 13.8. The summed E-state index contributed by atoms with van der Waals surface area (Å²) in [6, 6.07) is 10.5. The largest absolute Gasteiger partial charge is 0.354 e. The molecule has 0 unspecified atom stereocenters. The van der Waals surface area contributed by atoms with E-state index in [1.165, 1.54) is 23.8 Å². The fraction of sp³-hybridized carbons (Fsp3) is 0.217. The smallest absolute Gasteiger partial charge is 0.261 e. The van der Waals surface area contributed by atoms with E-state index < -0.39 is 5.82 Å². The van der Waals surface area contributed by atoms with E-state index in [1.54, 1.807) is 25.4 Å². The zero-order valence-corrected chi connectivity index (χ0v) is 18.9. The highest BCUT2D eigenvalue weighted by Gasteiger charge is 2.19. The molecule has 32 heavy (non-hydrogen) atoms. The number of para-hydroxylation sites is 1. The van der Waals surface area contributed by atoms with Gasteiger partial charge in [-0.2, -0.15) is 5.10 Å². The van der Waals surface area contributed by atoms with Crippen LogP contribution in [0, 0.1) is 5.82 Å². The van der Waals surface area contributed by atoms with Gasteiger partial charge < -0.3 is 10.6 Å². The Kier molecular flexibility index (Phi) is 5.58. The molecule has 0 bridgehead atoms. The summed E-state index contributed by atoms with van der Waals surface area (Å²) in [5, 5.41) is 13.6. The summed E-state index contributed by atoms with van der Waals surface area (Å²) in [4.78, 5) is 14.9. The Labute approximate surface area is 193 Å². The molecule has 1 aliphatic rings. The Hall–Kier alpha value is -2.94. The SMILES string of the molecule is CNC(=O)c1cc(-n2ncc3cc(Nc4c(F)cccc4Cl)c(CN4CCC4)cc32)cs1. The number of aromatic nitrogens is 2. The van der Waals surface area contributed by atoms with Gasteiger partial charge in [0, 0.05) is 30.0 Å². The molecule has 9 heteroatoms. The van der Waals surface area contributed by atoms with Gasteiger partial charge in [0.15, 0.2) is 0 Å². The lowest BCUT2D eigenvalue weighted by molar-refractivity contribution is 0.0967. The first-order valence-electron chi connectivity index (χ1n) is 10.3. The van der Waals surface area contributed by atoms with Gasteiger partial charge in [-0.3, -0.25) is 9.69 Å². The van der Waals surface area contributed by atoms with Crippen LogP contribution >= 0.6 is 22.9 Å². The highest BCUT2D eigenvalue weighted by Crippen LogP contribution is 2.34. The lowest BCUT2D eigenvalue weighted by Crippen LogP contribution is -2.36. The molecule has 0 saturated carbocycles. The van der Waals surface area contributed by atoms with Gasteiger partial charge in [-0.1, -0.05) is 17.7 Å². The molecule has 1 fully saturated rings. The first kappa shape index (κ1) is 20.9. The molecule has 3 heterocycles. The molecular weight excluding hydrogens is 449 g/mol. The molecular formula is C23H21ClFN5OS. The molecule has 1 amide bonds. The summed E-state index contributed by atoms with van der Waals surface area (Å²) in [6.07, 6.45) is 2.95. The van der Waals surface area contributed by atoms with E-state index in [2.05, 4.69) is 26.7 Å². The van der Waals surface area contributed by atoms with Crippen LogP contribution in [0.1, 0.15) is 21.7 Å². The molecule has 1 saturated heterocycles. The van der Waals surface area contributed by atoms with Crippen molar-refractivity contribution >= 4 is 51.1 Å². The average Bonchev–Trinajstić information content (AvgIpc) is 3.39. The Bertz CT molecular complexity index is 1290. The number of nitrogens with one attached hydrogen (secondary N) is 2. The minimum atomic E-state index is -0.400. The van der Waals surface area contributed by atoms with Gasteiger partial charge in [0.25, 0.3) is 5.91 Å². The standard InChI is InChI=1S/C23H21ClFN5OS/c1-26-23(31)21-10-16(13-32-21)30-20-9-15(12-29-6-3-7-29)19(8-14(20)11-27-30)28-22-17(24)4-2-5-18(22)25/h2,4-5,8-11,13,28H,3,6-7,12H2,1H3,(H,26,31). The Morgan fingerprint density at radius 1 is 1.28 bits per heavy atom.